The summed E-state index contributed by atoms with van der Waals surface area (Å²) in [4.78, 5) is 6.77. The Hall–Kier alpha value is -2.80. The summed E-state index contributed by atoms with van der Waals surface area (Å²) in [7, 11) is 0. The number of allylic oxidation sites excluding steroid dienone is 4. The van der Waals surface area contributed by atoms with E-state index in [0.717, 1.165) is 48.3 Å². The van der Waals surface area contributed by atoms with Gasteiger partial charge in [-0.15, -0.1) is 0 Å². The molecule has 0 atom stereocenters. The molecule has 0 spiro atoms. The van der Waals surface area contributed by atoms with Crippen LogP contribution in [0.2, 0.25) is 0 Å². The zero-order valence-electron chi connectivity index (χ0n) is 17.1. The highest BCUT2D eigenvalue weighted by molar-refractivity contribution is 5.97. The number of ether oxygens (including phenoxy) is 1. The van der Waals surface area contributed by atoms with E-state index in [4.69, 9.17) is 15.9 Å². The summed E-state index contributed by atoms with van der Waals surface area (Å²) in [6.45, 7) is 6.85. The molecule has 0 aromatic carbocycles. The second-order valence-corrected chi connectivity index (χ2v) is 8.31. The molecule has 0 unspecified atom stereocenters. The van der Waals surface area contributed by atoms with Crippen LogP contribution in [0.3, 0.4) is 0 Å². The Kier molecular flexibility index (Phi) is 5.58. The molecule has 154 valence electrons. The first-order chi connectivity index (χ1) is 14.0. The number of amidine groups is 1. The van der Waals surface area contributed by atoms with Crippen molar-refractivity contribution in [3.05, 3.63) is 59.0 Å². The van der Waals surface area contributed by atoms with Crippen molar-refractivity contribution >= 4 is 12.1 Å². The molecule has 0 aromatic rings. The minimum atomic E-state index is 0.229. The number of dihydropyridines is 2. The maximum Gasteiger partial charge on any atom is 0.132 e. The second kappa shape index (κ2) is 8.29. The zero-order valence-corrected chi connectivity index (χ0v) is 17.1. The first-order valence-corrected chi connectivity index (χ1v) is 10.3. The highest BCUT2D eigenvalue weighted by Gasteiger charge is 2.32. The van der Waals surface area contributed by atoms with Gasteiger partial charge in [0.2, 0.25) is 0 Å². The molecule has 0 radical (unpaired) electrons. The summed E-state index contributed by atoms with van der Waals surface area (Å²) >= 11 is 0. The second-order valence-electron chi connectivity index (χ2n) is 8.31. The molecule has 3 heterocycles. The van der Waals surface area contributed by atoms with Crippen LogP contribution in [0.4, 0.5) is 0 Å². The minimum absolute atomic E-state index is 0.229. The van der Waals surface area contributed by atoms with Gasteiger partial charge < -0.3 is 31.4 Å². The molecule has 0 aromatic heterocycles. The third-order valence-electron chi connectivity index (χ3n) is 5.50. The van der Waals surface area contributed by atoms with Crippen LogP contribution in [0.5, 0.6) is 0 Å². The quantitative estimate of drug-likeness (QED) is 0.374. The number of nitrogens with two attached hydrogens (primary N) is 1. The first kappa shape index (κ1) is 19.5. The molecule has 2 fully saturated rings. The first-order valence-electron chi connectivity index (χ1n) is 10.3. The van der Waals surface area contributed by atoms with Crippen LogP contribution < -0.4 is 16.4 Å². The minimum Gasteiger partial charge on any atom is -0.384 e. The smallest absolute Gasteiger partial charge is 0.132 e. The fraction of sp³-hybridized carbons (Fsp3) is 0.455. The Morgan fingerprint density at radius 3 is 2.83 bits per heavy atom. The zero-order chi connectivity index (χ0) is 20.4. The number of likely N-dealkylation sites (tertiary alicyclic amines) is 1. The lowest BCUT2D eigenvalue weighted by molar-refractivity contribution is -0.0422. The summed E-state index contributed by atoms with van der Waals surface area (Å²) in [6, 6.07) is 0. The summed E-state index contributed by atoms with van der Waals surface area (Å²) in [5.41, 5.74) is 10.0. The van der Waals surface area contributed by atoms with E-state index in [1.54, 1.807) is 6.08 Å². The van der Waals surface area contributed by atoms with E-state index in [1.807, 2.05) is 32.2 Å². The van der Waals surface area contributed by atoms with E-state index in [9.17, 15) is 0 Å². The summed E-state index contributed by atoms with van der Waals surface area (Å²) < 4.78 is 5.95. The topological polar surface area (TPSA) is 98.8 Å². The van der Waals surface area contributed by atoms with Crippen LogP contribution in [0.25, 0.3) is 0 Å². The van der Waals surface area contributed by atoms with Crippen molar-refractivity contribution in [2.45, 2.75) is 32.8 Å². The van der Waals surface area contributed by atoms with Gasteiger partial charge in [0.1, 0.15) is 11.7 Å². The van der Waals surface area contributed by atoms with E-state index < -0.39 is 0 Å². The van der Waals surface area contributed by atoms with Gasteiger partial charge in [-0.3, -0.25) is 0 Å². The molecule has 29 heavy (non-hydrogen) atoms. The van der Waals surface area contributed by atoms with Gasteiger partial charge in [0.25, 0.3) is 0 Å². The van der Waals surface area contributed by atoms with Crippen molar-refractivity contribution < 1.29 is 4.74 Å². The van der Waals surface area contributed by atoms with E-state index in [-0.39, 0.29) is 5.92 Å². The number of aliphatic imine (C=N–C) groups is 1. The Morgan fingerprint density at radius 2 is 2.14 bits per heavy atom. The Balaban J connectivity index is 1.36. The number of nitrogens with one attached hydrogen (secondary N) is 3. The lowest BCUT2D eigenvalue weighted by Gasteiger charge is -2.42. The van der Waals surface area contributed by atoms with Crippen molar-refractivity contribution in [1.82, 2.24) is 15.5 Å². The molecule has 7 nitrogen and oxygen atoms in total. The van der Waals surface area contributed by atoms with Gasteiger partial charge in [-0.2, -0.15) is 0 Å². The molecule has 7 heteroatoms. The van der Waals surface area contributed by atoms with Crippen molar-refractivity contribution in [3.8, 4) is 0 Å². The molecule has 3 aliphatic heterocycles. The highest BCUT2D eigenvalue weighted by Crippen LogP contribution is 2.31. The maximum atomic E-state index is 7.49. The van der Waals surface area contributed by atoms with E-state index in [1.165, 1.54) is 19.1 Å². The molecule has 0 amide bonds. The summed E-state index contributed by atoms with van der Waals surface area (Å²) in [5, 5.41) is 14.2. The number of fused-ring (bicyclic) bond motifs is 1. The molecular formula is C22H30N6O. The van der Waals surface area contributed by atoms with Crippen molar-refractivity contribution in [3.63, 3.8) is 0 Å². The van der Waals surface area contributed by atoms with E-state index >= 15 is 0 Å². The van der Waals surface area contributed by atoms with Crippen LogP contribution in [0.1, 0.15) is 26.7 Å². The predicted octanol–water partition coefficient (Wildman–Crippen LogP) is 2.34. The van der Waals surface area contributed by atoms with Crippen molar-refractivity contribution in [2.24, 2.45) is 22.6 Å². The number of hydrogen-bond donors (Lipinski definition) is 4. The van der Waals surface area contributed by atoms with Gasteiger partial charge in [0, 0.05) is 32.1 Å². The maximum absolute atomic E-state index is 7.49. The van der Waals surface area contributed by atoms with Gasteiger partial charge in [0.15, 0.2) is 0 Å². The fourth-order valence-corrected chi connectivity index (χ4v) is 3.36. The molecule has 5 N–H and O–H groups in total. The molecular weight excluding hydrogens is 364 g/mol. The Morgan fingerprint density at radius 1 is 1.34 bits per heavy atom. The Bertz CT molecular complexity index is 851. The van der Waals surface area contributed by atoms with Crippen LogP contribution in [0.15, 0.2) is 64.0 Å². The largest absolute Gasteiger partial charge is 0.384 e. The van der Waals surface area contributed by atoms with Crippen molar-refractivity contribution in [1.29, 1.82) is 5.41 Å². The van der Waals surface area contributed by atoms with Gasteiger partial charge in [-0.05, 0) is 54.6 Å². The van der Waals surface area contributed by atoms with Crippen LogP contribution >= 0.6 is 0 Å². The van der Waals surface area contributed by atoms with E-state index in [0.29, 0.717) is 17.8 Å². The number of rotatable bonds is 8. The standard InChI is InChI=1S/C22H30N6O/c1-14(2)16(9-23)7-21(24)27-22-6-5-19-20(26-22)8-17(10-25-19)28-11-18(12-28)29-13-15-3-4-15/h5-10,14-15,18,23,25-26H,3-4,11-13H2,1-2H3,(H2,24,27). The Labute approximate surface area is 172 Å². The van der Waals surface area contributed by atoms with Gasteiger partial charge in [-0.25, -0.2) is 4.99 Å². The lowest BCUT2D eigenvalue weighted by Crippen LogP contribution is -2.52. The lowest BCUT2D eigenvalue weighted by atomic mass is 10.0. The van der Waals surface area contributed by atoms with Crippen LogP contribution in [0, 0.1) is 17.2 Å². The van der Waals surface area contributed by atoms with Gasteiger partial charge in [0.05, 0.1) is 23.2 Å². The average molecular weight is 395 g/mol. The van der Waals surface area contributed by atoms with Crippen LogP contribution in [-0.4, -0.2) is 42.8 Å². The number of hydrogen-bond acceptors (Lipinski definition) is 6. The molecule has 4 aliphatic rings. The third-order valence-corrected chi connectivity index (χ3v) is 5.50. The predicted molar refractivity (Wildman–Crippen MR) is 116 cm³/mol. The van der Waals surface area contributed by atoms with Gasteiger partial charge >= 0.3 is 0 Å². The summed E-state index contributed by atoms with van der Waals surface area (Å²) in [6.07, 6.45) is 14.1. The van der Waals surface area contributed by atoms with Crippen LogP contribution in [-0.2, 0) is 4.74 Å². The molecule has 1 saturated carbocycles. The molecule has 0 bridgehead atoms. The molecule has 4 rings (SSSR count). The van der Waals surface area contributed by atoms with E-state index in [2.05, 4.69) is 26.6 Å². The average Bonchev–Trinajstić information content (AvgIpc) is 3.48. The van der Waals surface area contributed by atoms with Gasteiger partial charge in [-0.1, -0.05) is 13.8 Å². The number of nitrogens with zero attached hydrogens (tertiary/aromatic N) is 2. The molecule has 1 aliphatic carbocycles. The SMILES string of the molecule is CC(C)C(C=N)=CC(N)=NC1=CC=C2NC=C(N3CC(OCC4CC4)C3)C=C2N1. The molecule has 1 saturated heterocycles. The fourth-order valence-electron chi connectivity index (χ4n) is 3.36. The third kappa shape index (κ3) is 4.79. The monoisotopic (exact) mass is 394 g/mol. The highest BCUT2D eigenvalue weighted by atomic mass is 16.5. The van der Waals surface area contributed by atoms with Crippen molar-refractivity contribution in [2.75, 3.05) is 19.7 Å². The summed E-state index contributed by atoms with van der Waals surface area (Å²) in [5.74, 6) is 2.10. The normalized spacial score (nSPS) is 22.5.